The molecule has 0 aliphatic rings. The van der Waals surface area contributed by atoms with Gasteiger partial charge >= 0.3 is 0 Å². The van der Waals surface area contributed by atoms with Crippen molar-refractivity contribution in [3.05, 3.63) is 29.8 Å². The van der Waals surface area contributed by atoms with Crippen LogP contribution < -0.4 is 0 Å². The first kappa shape index (κ1) is 41.6. The topological polar surface area (TPSA) is 57.2 Å². The number of hydrogen-bond donors (Lipinski definition) is 0. The molecule has 0 bridgehead atoms. The van der Waals surface area contributed by atoms with E-state index in [9.17, 15) is 13.0 Å². The third-order valence-corrected chi connectivity index (χ3v) is 9.90. The highest BCUT2D eigenvalue weighted by molar-refractivity contribution is 9.09. The average molecular weight is 675 g/mol. The van der Waals surface area contributed by atoms with Crippen molar-refractivity contribution in [2.45, 2.75) is 167 Å². The lowest BCUT2D eigenvalue weighted by molar-refractivity contribution is -0.910. The van der Waals surface area contributed by atoms with Gasteiger partial charge in [-0.2, -0.15) is 0 Å². The van der Waals surface area contributed by atoms with Crippen LogP contribution in [0.2, 0.25) is 0 Å². The van der Waals surface area contributed by atoms with Gasteiger partial charge in [0, 0.05) is 5.33 Å². The van der Waals surface area contributed by atoms with Gasteiger partial charge < -0.3 is 9.04 Å². The molecule has 0 amide bonds. The molecule has 0 saturated carbocycles. The van der Waals surface area contributed by atoms with E-state index in [1.165, 1.54) is 183 Å². The lowest BCUT2D eigenvalue weighted by Gasteiger charge is -2.35. The van der Waals surface area contributed by atoms with Crippen LogP contribution in [-0.2, 0) is 10.1 Å². The number of quaternary nitrogens is 1. The fourth-order valence-corrected chi connectivity index (χ4v) is 6.46. The number of unbranched alkanes of at least 4 members (excludes halogenated alkanes) is 19. The molecule has 0 N–H and O–H groups in total. The highest BCUT2D eigenvalue weighted by Crippen LogP contribution is 2.17. The van der Waals surface area contributed by atoms with E-state index in [0.717, 1.165) is 5.56 Å². The number of alkyl halides is 1. The normalized spacial score (nSPS) is 11.9. The number of hydrogen-bond acceptors (Lipinski definition) is 3. The van der Waals surface area contributed by atoms with Crippen molar-refractivity contribution in [3.8, 4) is 0 Å². The van der Waals surface area contributed by atoms with Crippen LogP contribution in [0.3, 0.4) is 0 Å². The summed E-state index contributed by atoms with van der Waals surface area (Å²) in [5, 5.41) is 1.17. The second-order valence-electron chi connectivity index (χ2n) is 12.8. The van der Waals surface area contributed by atoms with Crippen LogP contribution in [0, 0.1) is 6.92 Å². The maximum Gasteiger partial charge on any atom is 0.124 e. The van der Waals surface area contributed by atoms with Crippen molar-refractivity contribution in [2.75, 3.05) is 32.0 Å². The third-order valence-electron chi connectivity index (χ3n) is 8.49. The van der Waals surface area contributed by atoms with E-state index in [4.69, 9.17) is 0 Å². The van der Waals surface area contributed by atoms with Gasteiger partial charge in [-0.3, -0.25) is 0 Å². The van der Waals surface area contributed by atoms with E-state index in [1.54, 1.807) is 12.1 Å². The van der Waals surface area contributed by atoms with E-state index in [1.807, 2.05) is 6.92 Å². The minimum absolute atomic E-state index is 0.178. The molecule has 0 heterocycles. The molecular weight excluding hydrogens is 606 g/mol. The van der Waals surface area contributed by atoms with Gasteiger partial charge in [0.15, 0.2) is 0 Å². The molecule has 0 radical (unpaired) electrons. The van der Waals surface area contributed by atoms with Gasteiger partial charge in [-0.1, -0.05) is 150 Å². The van der Waals surface area contributed by atoms with Gasteiger partial charge in [-0.25, -0.2) is 8.42 Å². The Hall–Kier alpha value is -0.430. The summed E-state index contributed by atoms with van der Waals surface area (Å²) in [5.41, 5.74) is 0.928. The summed E-state index contributed by atoms with van der Waals surface area (Å²) in [7, 11) is -1.72. The van der Waals surface area contributed by atoms with E-state index in [0.29, 0.717) is 0 Å². The minimum atomic E-state index is -4.27. The average Bonchev–Trinajstić information content (AvgIpc) is 2.95. The zero-order valence-corrected chi connectivity index (χ0v) is 30.6. The largest absolute Gasteiger partial charge is 0.744 e. The quantitative estimate of drug-likeness (QED) is 0.0404. The Bertz CT molecular complexity index is 789. The first-order chi connectivity index (χ1) is 20.2. The molecule has 1 rings (SSSR count). The first-order valence-electron chi connectivity index (χ1n) is 17.6. The van der Waals surface area contributed by atoms with Gasteiger partial charge in [0.2, 0.25) is 0 Å². The van der Waals surface area contributed by atoms with Gasteiger partial charge in [0.1, 0.15) is 10.1 Å². The zero-order valence-electron chi connectivity index (χ0n) is 28.2. The maximum atomic E-state index is 10.4. The van der Waals surface area contributed by atoms with E-state index in [-0.39, 0.29) is 4.90 Å². The Balaban J connectivity index is 0.00000126. The highest BCUT2D eigenvalue weighted by atomic mass is 79.9. The van der Waals surface area contributed by atoms with Gasteiger partial charge in [-0.05, 0) is 57.6 Å². The van der Waals surface area contributed by atoms with Gasteiger partial charge in [-0.15, -0.1) is 0 Å². The summed E-state index contributed by atoms with van der Waals surface area (Å²) in [6.45, 7) is 10.7. The van der Waals surface area contributed by atoms with Crippen LogP contribution in [0.4, 0.5) is 0 Å². The van der Waals surface area contributed by atoms with Crippen LogP contribution in [0.5, 0.6) is 0 Å². The molecule has 0 unspecified atom stereocenters. The van der Waals surface area contributed by atoms with Crippen molar-refractivity contribution in [1.29, 1.82) is 0 Å². The predicted molar refractivity (Wildman–Crippen MR) is 187 cm³/mol. The number of rotatable bonds is 27. The van der Waals surface area contributed by atoms with Crippen molar-refractivity contribution in [1.82, 2.24) is 0 Å². The molecule has 0 aliphatic heterocycles. The molecule has 42 heavy (non-hydrogen) atoms. The Morgan fingerprint density at radius 2 is 0.881 bits per heavy atom. The minimum Gasteiger partial charge on any atom is -0.744 e. The predicted octanol–water partition coefficient (Wildman–Crippen LogP) is 11.3. The third kappa shape index (κ3) is 26.0. The van der Waals surface area contributed by atoms with Crippen molar-refractivity contribution >= 4 is 26.0 Å². The molecule has 0 aromatic heterocycles. The van der Waals surface area contributed by atoms with E-state index < -0.39 is 10.1 Å². The van der Waals surface area contributed by atoms with Crippen LogP contribution >= 0.6 is 15.9 Å². The Kier molecular flexibility index (Phi) is 27.8. The number of benzene rings is 1. The lowest BCUT2D eigenvalue weighted by atomic mass is 10.1. The molecule has 1 aromatic carbocycles. The standard InChI is InChI=1S/C29H61BrN.C7H8O3S/c1-4-6-8-10-12-14-16-18-20-23-27-31(3,29-25-22-26-30)28-24-21-19-17-15-13-11-9-7-5-2;1-6-2-4-7(5-3-6)11(8,9)10/h4-29H2,1-3H3;2-5H,1H3,(H,8,9,10)/q+1;/p-1. The fourth-order valence-electron chi connectivity index (χ4n) is 5.59. The highest BCUT2D eigenvalue weighted by Gasteiger charge is 2.20. The molecule has 0 fully saturated rings. The lowest BCUT2D eigenvalue weighted by Crippen LogP contribution is -2.46. The zero-order chi connectivity index (χ0) is 31.4. The van der Waals surface area contributed by atoms with Crippen LogP contribution in [0.15, 0.2) is 29.2 Å². The molecule has 0 aliphatic carbocycles. The number of aryl methyl sites for hydroxylation is 1. The molecule has 1 aromatic rings. The first-order valence-corrected chi connectivity index (χ1v) is 20.1. The molecule has 6 heteroatoms. The summed E-state index contributed by atoms with van der Waals surface area (Å²) in [6, 6.07) is 5.78. The monoisotopic (exact) mass is 673 g/mol. The van der Waals surface area contributed by atoms with Gasteiger partial charge in [0.05, 0.1) is 31.6 Å². The maximum absolute atomic E-state index is 10.4. The number of halogens is 1. The summed E-state index contributed by atoms with van der Waals surface area (Å²) < 4.78 is 32.5. The second kappa shape index (κ2) is 28.1. The molecule has 0 atom stereocenters. The van der Waals surface area contributed by atoms with Crippen molar-refractivity contribution in [3.63, 3.8) is 0 Å². The van der Waals surface area contributed by atoms with Crippen LogP contribution in [0.25, 0.3) is 0 Å². The van der Waals surface area contributed by atoms with Crippen LogP contribution in [0.1, 0.15) is 161 Å². The van der Waals surface area contributed by atoms with Crippen molar-refractivity contribution < 1.29 is 17.5 Å². The second-order valence-corrected chi connectivity index (χ2v) is 15.0. The molecule has 4 nitrogen and oxygen atoms in total. The van der Waals surface area contributed by atoms with Gasteiger partial charge in [0.25, 0.3) is 0 Å². The summed E-state index contributed by atoms with van der Waals surface area (Å²) >= 11 is 3.63. The SMILES string of the molecule is CCCCCCCCCCCC[N+](C)(CCCCBr)CCCCCCCCCCCC.Cc1ccc(S(=O)(=O)[O-])cc1. The Morgan fingerprint density at radius 1 is 0.571 bits per heavy atom. The van der Waals surface area contributed by atoms with E-state index >= 15 is 0 Å². The summed E-state index contributed by atoms with van der Waals surface area (Å²) in [5.74, 6) is 0. The van der Waals surface area contributed by atoms with Crippen LogP contribution in [-0.4, -0.2) is 49.5 Å². The fraction of sp³-hybridized carbons (Fsp3) is 0.833. The molecule has 0 saturated heterocycles. The van der Waals surface area contributed by atoms with E-state index in [2.05, 4.69) is 36.8 Å². The molecule has 248 valence electrons. The Labute approximate surface area is 271 Å². The van der Waals surface area contributed by atoms with Crippen molar-refractivity contribution in [2.24, 2.45) is 0 Å². The summed E-state index contributed by atoms with van der Waals surface area (Å²) in [4.78, 5) is -0.178. The smallest absolute Gasteiger partial charge is 0.124 e. The number of nitrogens with zero attached hydrogens (tertiary/aromatic N) is 1. The molecule has 0 spiro atoms. The Morgan fingerprint density at radius 3 is 1.19 bits per heavy atom. The molecular formula is C36H68BrNO3S. The summed E-state index contributed by atoms with van der Waals surface area (Å²) in [6.07, 6.45) is 31.7.